The molecule has 166 valence electrons. The second-order valence-electron chi connectivity index (χ2n) is 7.94. The van der Waals surface area contributed by atoms with Crippen molar-refractivity contribution in [3.63, 3.8) is 0 Å². The van der Waals surface area contributed by atoms with Gasteiger partial charge in [-0.1, -0.05) is 30.7 Å². The molecule has 0 spiro atoms. The molecule has 1 unspecified atom stereocenters. The van der Waals surface area contributed by atoms with Crippen molar-refractivity contribution in [3.05, 3.63) is 53.1 Å². The summed E-state index contributed by atoms with van der Waals surface area (Å²) in [5.74, 6) is 1.33. The van der Waals surface area contributed by atoms with E-state index in [4.69, 9.17) is 21.1 Å². The molecule has 4 rings (SSSR count). The highest BCUT2D eigenvalue weighted by Gasteiger charge is 2.29. The lowest BCUT2D eigenvalue weighted by Crippen LogP contribution is -2.41. The van der Waals surface area contributed by atoms with Gasteiger partial charge in [0.1, 0.15) is 12.7 Å². The Morgan fingerprint density at radius 3 is 2.61 bits per heavy atom. The van der Waals surface area contributed by atoms with Crippen LogP contribution in [-0.2, 0) is 10.0 Å². The van der Waals surface area contributed by atoms with E-state index in [0.717, 1.165) is 12.8 Å². The molecule has 31 heavy (non-hydrogen) atoms. The van der Waals surface area contributed by atoms with Gasteiger partial charge < -0.3 is 14.8 Å². The molecule has 0 bridgehead atoms. The SMILES string of the molecule is CC1CCN(S(=O)(=O)c2ccc(Cl)c(C(=O)NCC3COc4ccccc4O3)c2)CC1. The van der Waals surface area contributed by atoms with Crippen LogP contribution in [0.5, 0.6) is 11.5 Å². The van der Waals surface area contributed by atoms with Gasteiger partial charge in [0, 0.05) is 13.1 Å². The molecule has 2 heterocycles. The van der Waals surface area contributed by atoms with Crippen molar-refractivity contribution in [1.82, 2.24) is 9.62 Å². The summed E-state index contributed by atoms with van der Waals surface area (Å²) in [7, 11) is -3.68. The summed E-state index contributed by atoms with van der Waals surface area (Å²) in [5.41, 5.74) is 0.116. The van der Waals surface area contributed by atoms with Gasteiger partial charge >= 0.3 is 0 Å². The van der Waals surface area contributed by atoms with Crippen molar-refractivity contribution in [2.24, 2.45) is 5.92 Å². The first kappa shape index (κ1) is 21.9. The zero-order valence-electron chi connectivity index (χ0n) is 17.2. The van der Waals surface area contributed by atoms with E-state index in [2.05, 4.69) is 12.2 Å². The lowest BCUT2D eigenvalue weighted by molar-refractivity contribution is 0.0789. The number of carbonyl (C=O) groups is 1. The summed E-state index contributed by atoms with van der Waals surface area (Å²) >= 11 is 6.21. The van der Waals surface area contributed by atoms with E-state index in [9.17, 15) is 13.2 Å². The van der Waals surface area contributed by atoms with Crippen LogP contribution in [0.25, 0.3) is 0 Å². The highest BCUT2D eigenvalue weighted by atomic mass is 35.5. The number of nitrogens with zero attached hydrogens (tertiary/aromatic N) is 1. The average Bonchev–Trinajstić information content (AvgIpc) is 2.77. The molecule has 1 amide bonds. The first-order chi connectivity index (χ1) is 14.8. The summed E-state index contributed by atoms with van der Waals surface area (Å²) in [6.45, 7) is 3.58. The topological polar surface area (TPSA) is 84.9 Å². The van der Waals surface area contributed by atoms with Gasteiger partial charge in [-0.2, -0.15) is 4.31 Å². The number of halogens is 1. The van der Waals surface area contributed by atoms with E-state index in [1.807, 2.05) is 18.2 Å². The fourth-order valence-electron chi connectivity index (χ4n) is 3.68. The molecule has 2 aliphatic heterocycles. The Morgan fingerprint density at radius 2 is 1.87 bits per heavy atom. The standard InChI is InChI=1S/C22H25ClN2O5S/c1-15-8-10-25(11-9-15)31(27,28)17-6-7-19(23)18(12-17)22(26)24-13-16-14-29-20-4-2-3-5-21(20)30-16/h2-7,12,15-16H,8-11,13-14H2,1H3,(H,24,26). The van der Waals surface area contributed by atoms with E-state index in [1.54, 1.807) is 6.07 Å². The fourth-order valence-corrected chi connectivity index (χ4v) is 5.38. The maximum absolute atomic E-state index is 13.0. The minimum absolute atomic E-state index is 0.0720. The molecular weight excluding hydrogens is 440 g/mol. The lowest BCUT2D eigenvalue weighted by atomic mass is 10.0. The molecular formula is C22H25ClN2O5S. The predicted molar refractivity (Wildman–Crippen MR) is 117 cm³/mol. The highest BCUT2D eigenvalue weighted by molar-refractivity contribution is 7.89. The number of ether oxygens (including phenoxy) is 2. The van der Waals surface area contributed by atoms with Crippen molar-refractivity contribution in [2.45, 2.75) is 30.8 Å². The number of hydrogen-bond donors (Lipinski definition) is 1. The van der Waals surface area contributed by atoms with Gasteiger partial charge in [-0.25, -0.2) is 8.42 Å². The van der Waals surface area contributed by atoms with Crippen molar-refractivity contribution in [3.8, 4) is 11.5 Å². The lowest BCUT2D eigenvalue weighted by Gasteiger charge is -2.29. The monoisotopic (exact) mass is 464 g/mol. The number of carbonyl (C=O) groups excluding carboxylic acids is 1. The van der Waals surface area contributed by atoms with Crippen LogP contribution in [0.3, 0.4) is 0 Å². The summed E-state index contributed by atoms with van der Waals surface area (Å²) in [6.07, 6.45) is 1.29. The number of nitrogens with one attached hydrogen (secondary N) is 1. The van der Waals surface area contributed by atoms with E-state index in [1.165, 1.54) is 22.5 Å². The van der Waals surface area contributed by atoms with Gasteiger partial charge in [-0.05, 0) is 49.1 Å². The minimum atomic E-state index is -3.68. The van der Waals surface area contributed by atoms with Crippen molar-refractivity contribution < 1.29 is 22.7 Å². The molecule has 0 aromatic heterocycles. The summed E-state index contributed by atoms with van der Waals surface area (Å²) in [4.78, 5) is 12.8. The third-order valence-electron chi connectivity index (χ3n) is 5.62. The van der Waals surface area contributed by atoms with Crippen LogP contribution in [0.1, 0.15) is 30.1 Å². The Hall–Kier alpha value is -2.29. The van der Waals surface area contributed by atoms with Gasteiger partial charge in [0.25, 0.3) is 5.91 Å². The Bertz CT molecular complexity index is 1070. The van der Waals surface area contributed by atoms with Crippen LogP contribution in [-0.4, -0.2) is 51.0 Å². The Kier molecular flexibility index (Phi) is 6.41. The van der Waals surface area contributed by atoms with Crippen LogP contribution in [0.2, 0.25) is 5.02 Å². The molecule has 0 radical (unpaired) electrons. The first-order valence-corrected chi connectivity index (χ1v) is 12.1. The van der Waals surface area contributed by atoms with Crippen LogP contribution in [0.15, 0.2) is 47.4 Å². The molecule has 2 aromatic carbocycles. The largest absolute Gasteiger partial charge is 0.486 e. The molecule has 7 nitrogen and oxygen atoms in total. The van der Waals surface area contributed by atoms with Crippen LogP contribution >= 0.6 is 11.6 Å². The molecule has 1 N–H and O–H groups in total. The molecule has 1 atom stereocenters. The third-order valence-corrected chi connectivity index (χ3v) is 7.84. The molecule has 9 heteroatoms. The van der Waals surface area contributed by atoms with Gasteiger partial charge in [0.2, 0.25) is 10.0 Å². The van der Waals surface area contributed by atoms with Crippen molar-refractivity contribution in [1.29, 1.82) is 0 Å². The summed E-state index contributed by atoms with van der Waals surface area (Å²) < 4.78 is 39.0. The zero-order chi connectivity index (χ0) is 22.0. The number of rotatable bonds is 5. The molecule has 2 aromatic rings. The zero-order valence-corrected chi connectivity index (χ0v) is 18.8. The van der Waals surface area contributed by atoms with E-state index in [0.29, 0.717) is 37.1 Å². The molecule has 2 aliphatic rings. The quantitative estimate of drug-likeness (QED) is 0.733. The second kappa shape index (κ2) is 9.06. The van der Waals surface area contributed by atoms with Crippen LogP contribution in [0, 0.1) is 5.92 Å². The minimum Gasteiger partial charge on any atom is -0.486 e. The number of para-hydroxylation sites is 2. The first-order valence-electron chi connectivity index (χ1n) is 10.3. The third kappa shape index (κ3) is 4.81. The van der Waals surface area contributed by atoms with E-state index < -0.39 is 15.9 Å². The number of amides is 1. The number of benzene rings is 2. The fraction of sp³-hybridized carbons (Fsp3) is 0.409. The second-order valence-corrected chi connectivity index (χ2v) is 10.3. The van der Waals surface area contributed by atoms with Crippen LogP contribution in [0.4, 0.5) is 0 Å². The number of sulfonamides is 1. The predicted octanol–water partition coefficient (Wildman–Crippen LogP) is 3.33. The Morgan fingerprint density at radius 1 is 1.16 bits per heavy atom. The Labute approximate surface area is 187 Å². The van der Waals surface area contributed by atoms with Gasteiger partial charge in [0.05, 0.1) is 22.0 Å². The van der Waals surface area contributed by atoms with Crippen molar-refractivity contribution >= 4 is 27.5 Å². The van der Waals surface area contributed by atoms with Gasteiger partial charge in [-0.3, -0.25) is 4.79 Å². The maximum atomic E-state index is 13.0. The number of fused-ring (bicyclic) bond motifs is 1. The van der Waals surface area contributed by atoms with Crippen molar-refractivity contribution in [2.75, 3.05) is 26.2 Å². The molecule has 1 saturated heterocycles. The van der Waals surface area contributed by atoms with Crippen LogP contribution < -0.4 is 14.8 Å². The normalized spacial score (nSPS) is 19.7. The van der Waals surface area contributed by atoms with E-state index >= 15 is 0 Å². The average molecular weight is 465 g/mol. The van der Waals surface area contributed by atoms with E-state index in [-0.39, 0.29) is 28.1 Å². The molecule has 1 fully saturated rings. The Balaban J connectivity index is 1.44. The molecule has 0 saturated carbocycles. The highest BCUT2D eigenvalue weighted by Crippen LogP contribution is 2.31. The summed E-state index contributed by atoms with van der Waals surface area (Å²) in [6, 6.07) is 11.6. The van der Waals surface area contributed by atoms with Gasteiger partial charge in [-0.15, -0.1) is 0 Å². The molecule has 0 aliphatic carbocycles. The smallest absolute Gasteiger partial charge is 0.252 e. The van der Waals surface area contributed by atoms with Gasteiger partial charge in [0.15, 0.2) is 11.5 Å². The summed E-state index contributed by atoms with van der Waals surface area (Å²) in [5, 5.41) is 2.96. The number of hydrogen-bond acceptors (Lipinski definition) is 5. The number of piperidine rings is 1. The maximum Gasteiger partial charge on any atom is 0.252 e.